The zero-order valence-corrected chi connectivity index (χ0v) is 13.0. The molecular weight excluding hydrogens is 236 g/mol. The Hall–Kier alpha value is -0.830. The Kier molecular flexibility index (Phi) is 3.33. The van der Waals surface area contributed by atoms with Crippen molar-refractivity contribution in [1.29, 1.82) is 0 Å². The average molecular weight is 264 g/mol. The van der Waals surface area contributed by atoms with E-state index in [0.29, 0.717) is 16.9 Å². The van der Waals surface area contributed by atoms with Crippen LogP contribution in [0.2, 0.25) is 0 Å². The van der Waals surface area contributed by atoms with Gasteiger partial charge < -0.3 is 10.6 Å². The summed E-state index contributed by atoms with van der Waals surface area (Å²) in [5, 5.41) is 0. The minimum Gasteiger partial charge on any atom is -0.336 e. The number of carbonyl (C=O) groups is 1. The second kappa shape index (κ2) is 4.34. The minimum atomic E-state index is -0.423. The van der Waals surface area contributed by atoms with Gasteiger partial charge in [-0.15, -0.1) is 0 Å². The maximum atomic E-state index is 12.4. The summed E-state index contributed by atoms with van der Waals surface area (Å²) < 4.78 is 0. The molecule has 2 fully saturated rings. The van der Waals surface area contributed by atoms with Gasteiger partial charge in [0, 0.05) is 24.2 Å². The number of fused-ring (bicyclic) bond motifs is 2. The van der Waals surface area contributed by atoms with E-state index in [4.69, 9.17) is 5.73 Å². The third kappa shape index (κ3) is 3.38. The van der Waals surface area contributed by atoms with Gasteiger partial charge in [0.1, 0.15) is 0 Å². The Morgan fingerprint density at radius 3 is 2.53 bits per heavy atom. The van der Waals surface area contributed by atoms with E-state index in [1.807, 2.05) is 19.9 Å². The second-order valence-corrected chi connectivity index (χ2v) is 8.33. The van der Waals surface area contributed by atoms with Crippen LogP contribution in [0.25, 0.3) is 0 Å². The molecular formula is C16H28N2O. The average Bonchev–Trinajstić information content (AvgIpc) is 2.43. The van der Waals surface area contributed by atoms with E-state index >= 15 is 0 Å². The fourth-order valence-electron chi connectivity index (χ4n) is 4.10. The van der Waals surface area contributed by atoms with Gasteiger partial charge in [-0.05, 0) is 43.9 Å². The van der Waals surface area contributed by atoms with E-state index in [1.54, 1.807) is 6.08 Å². The van der Waals surface area contributed by atoms with Crippen LogP contribution in [0.1, 0.15) is 53.9 Å². The highest BCUT2D eigenvalue weighted by Crippen LogP contribution is 2.52. The lowest BCUT2D eigenvalue weighted by atomic mass is 9.65. The van der Waals surface area contributed by atoms with Crippen LogP contribution in [0.15, 0.2) is 12.2 Å². The smallest absolute Gasteiger partial charge is 0.246 e. The maximum Gasteiger partial charge on any atom is 0.246 e. The van der Waals surface area contributed by atoms with Gasteiger partial charge in [0.2, 0.25) is 5.91 Å². The summed E-state index contributed by atoms with van der Waals surface area (Å²) in [6, 6.07) is 0.409. The molecule has 2 bridgehead atoms. The van der Waals surface area contributed by atoms with E-state index in [-0.39, 0.29) is 5.91 Å². The van der Waals surface area contributed by atoms with Crippen LogP contribution in [-0.2, 0) is 4.79 Å². The fourth-order valence-corrected chi connectivity index (χ4v) is 4.10. The maximum absolute atomic E-state index is 12.4. The van der Waals surface area contributed by atoms with Gasteiger partial charge in [-0.3, -0.25) is 4.79 Å². The number of nitrogens with zero attached hydrogens (tertiary/aromatic N) is 1. The van der Waals surface area contributed by atoms with E-state index in [1.165, 1.54) is 6.42 Å². The van der Waals surface area contributed by atoms with Crippen LogP contribution in [0, 0.1) is 10.8 Å². The zero-order chi connectivity index (χ0) is 14.5. The van der Waals surface area contributed by atoms with Crippen molar-refractivity contribution >= 4 is 5.91 Å². The molecule has 3 nitrogen and oxygen atoms in total. The van der Waals surface area contributed by atoms with Crippen molar-refractivity contribution in [2.24, 2.45) is 16.6 Å². The van der Waals surface area contributed by atoms with E-state index in [2.05, 4.69) is 25.7 Å². The zero-order valence-electron chi connectivity index (χ0n) is 13.0. The molecule has 108 valence electrons. The Labute approximate surface area is 117 Å². The largest absolute Gasteiger partial charge is 0.336 e. The third-order valence-electron chi connectivity index (χ3n) is 4.35. The molecule has 0 aromatic rings. The molecule has 1 saturated heterocycles. The summed E-state index contributed by atoms with van der Waals surface area (Å²) in [7, 11) is 0. The van der Waals surface area contributed by atoms with Crippen molar-refractivity contribution in [2.45, 2.75) is 65.5 Å². The van der Waals surface area contributed by atoms with Crippen molar-refractivity contribution in [3.05, 3.63) is 12.2 Å². The molecule has 0 spiro atoms. The van der Waals surface area contributed by atoms with E-state index in [0.717, 1.165) is 19.4 Å². The lowest BCUT2D eigenvalue weighted by Gasteiger charge is -2.39. The molecule has 2 unspecified atom stereocenters. The number of rotatable bonds is 2. The number of nitrogens with two attached hydrogens (primary N) is 1. The topological polar surface area (TPSA) is 46.3 Å². The molecule has 0 aromatic carbocycles. The van der Waals surface area contributed by atoms with Crippen LogP contribution in [0.3, 0.4) is 0 Å². The Morgan fingerprint density at radius 1 is 1.32 bits per heavy atom. The third-order valence-corrected chi connectivity index (χ3v) is 4.35. The number of hydrogen-bond acceptors (Lipinski definition) is 2. The van der Waals surface area contributed by atoms with Crippen LogP contribution in [0.4, 0.5) is 0 Å². The fraction of sp³-hybridized carbons (Fsp3) is 0.812. The summed E-state index contributed by atoms with van der Waals surface area (Å²) in [6.07, 6.45) is 6.96. The molecule has 1 aliphatic heterocycles. The molecule has 2 rings (SSSR count). The van der Waals surface area contributed by atoms with Crippen molar-refractivity contribution < 1.29 is 4.79 Å². The molecule has 3 heteroatoms. The normalized spacial score (nSPS) is 34.0. The standard InChI is InChI=1S/C16H28N2O/c1-14(2)8-12-9-16(5,10-14)11-18(12)13(19)6-7-15(3,4)17/h6-7,12H,8-11,17H2,1-5H3/b7-6+. The number of carbonyl (C=O) groups excluding carboxylic acids is 1. The SMILES string of the molecule is CC(C)(N)/C=C/C(=O)N1CC2(C)CC1CC(C)(C)C2. The molecule has 2 atom stereocenters. The summed E-state index contributed by atoms with van der Waals surface area (Å²) in [6.45, 7) is 11.7. The quantitative estimate of drug-likeness (QED) is 0.779. The molecule has 1 aliphatic carbocycles. The van der Waals surface area contributed by atoms with Crippen LogP contribution < -0.4 is 5.73 Å². The van der Waals surface area contributed by atoms with Gasteiger partial charge in [-0.2, -0.15) is 0 Å². The molecule has 0 aromatic heterocycles. The summed E-state index contributed by atoms with van der Waals surface area (Å²) in [4.78, 5) is 14.4. The monoisotopic (exact) mass is 264 g/mol. The number of amides is 1. The van der Waals surface area contributed by atoms with Gasteiger partial charge in [0.15, 0.2) is 0 Å². The Morgan fingerprint density at radius 2 is 1.95 bits per heavy atom. The van der Waals surface area contributed by atoms with Gasteiger partial charge in [0.25, 0.3) is 0 Å². The Balaban J connectivity index is 2.12. The van der Waals surface area contributed by atoms with Crippen molar-refractivity contribution in [1.82, 2.24) is 4.90 Å². The molecule has 19 heavy (non-hydrogen) atoms. The van der Waals surface area contributed by atoms with Gasteiger partial charge >= 0.3 is 0 Å². The molecule has 1 saturated carbocycles. The Bertz CT molecular complexity index is 405. The predicted octanol–water partition coefficient (Wildman–Crippen LogP) is 2.71. The predicted molar refractivity (Wildman–Crippen MR) is 78.6 cm³/mol. The van der Waals surface area contributed by atoms with Crippen LogP contribution >= 0.6 is 0 Å². The van der Waals surface area contributed by atoms with E-state index in [9.17, 15) is 4.79 Å². The van der Waals surface area contributed by atoms with Crippen LogP contribution in [-0.4, -0.2) is 28.9 Å². The van der Waals surface area contributed by atoms with Crippen molar-refractivity contribution in [3.63, 3.8) is 0 Å². The molecule has 2 N–H and O–H groups in total. The van der Waals surface area contributed by atoms with Crippen molar-refractivity contribution in [2.75, 3.05) is 6.54 Å². The minimum absolute atomic E-state index is 0.130. The first kappa shape index (κ1) is 14.6. The van der Waals surface area contributed by atoms with Crippen LogP contribution in [0.5, 0.6) is 0 Å². The number of likely N-dealkylation sites (tertiary alicyclic amines) is 1. The number of hydrogen-bond donors (Lipinski definition) is 1. The molecule has 1 amide bonds. The molecule has 1 heterocycles. The highest BCUT2D eigenvalue weighted by molar-refractivity contribution is 5.88. The van der Waals surface area contributed by atoms with Gasteiger partial charge in [-0.25, -0.2) is 0 Å². The first-order chi connectivity index (χ1) is 8.50. The lowest BCUT2D eigenvalue weighted by molar-refractivity contribution is -0.127. The molecule has 0 radical (unpaired) electrons. The van der Waals surface area contributed by atoms with Crippen molar-refractivity contribution in [3.8, 4) is 0 Å². The highest BCUT2D eigenvalue weighted by atomic mass is 16.2. The second-order valence-electron chi connectivity index (χ2n) is 8.33. The highest BCUT2D eigenvalue weighted by Gasteiger charge is 2.50. The summed E-state index contributed by atoms with van der Waals surface area (Å²) >= 11 is 0. The summed E-state index contributed by atoms with van der Waals surface area (Å²) in [5.74, 6) is 0.130. The first-order valence-corrected chi connectivity index (χ1v) is 7.29. The summed E-state index contributed by atoms with van der Waals surface area (Å²) in [5.41, 5.74) is 6.13. The van der Waals surface area contributed by atoms with Gasteiger partial charge in [0.05, 0.1) is 0 Å². The molecule has 2 aliphatic rings. The first-order valence-electron chi connectivity index (χ1n) is 7.29. The lowest BCUT2D eigenvalue weighted by Crippen LogP contribution is -2.37. The van der Waals surface area contributed by atoms with E-state index < -0.39 is 5.54 Å². The van der Waals surface area contributed by atoms with Gasteiger partial charge in [-0.1, -0.05) is 26.8 Å².